The number of hydrogen-bond acceptors (Lipinski definition) is 6. The molecule has 2 heterocycles. The molecule has 6 nitrogen and oxygen atoms in total. The minimum absolute atomic E-state index is 0.00308. The van der Waals surface area contributed by atoms with Crippen LogP contribution in [0.5, 0.6) is 0 Å². The van der Waals surface area contributed by atoms with Crippen molar-refractivity contribution in [1.29, 1.82) is 0 Å². The molecule has 1 fully saturated rings. The predicted octanol–water partition coefficient (Wildman–Crippen LogP) is 5.58. The Hall–Kier alpha value is -2.38. The number of nitrogens with zero attached hydrogens (tertiary/aromatic N) is 2. The second kappa shape index (κ2) is 9.58. The summed E-state index contributed by atoms with van der Waals surface area (Å²) in [5.41, 5.74) is -7.09. The molecular weight excluding hydrogens is 526 g/mol. The summed E-state index contributed by atoms with van der Waals surface area (Å²) in [5.74, 6) is -1.43. The van der Waals surface area contributed by atoms with Crippen LogP contribution in [0.1, 0.15) is 52.5 Å². The van der Waals surface area contributed by atoms with E-state index in [9.17, 15) is 41.0 Å². The van der Waals surface area contributed by atoms with Crippen molar-refractivity contribution >= 4 is 34.8 Å². The van der Waals surface area contributed by atoms with Gasteiger partial charge in [-0.3, -0.25) is 4.79 Å². The van der Waals surface area contributed by atoms with Gasteiger partial charge >= 0.3 is 18.3 Å². The minimum Gasteiger partial charge on any atom is -0.461 e. The maximum absolute atomic E-state index is 13.3. The summed E-state index contributed by atoms with van der Waals surface area (Å²) < 4.78 is 84.5. The number of ether oxygens (including phenoxy) is 1. The number of rotatable bonds is 5. The molecule has 1 aromatic heterocycles. The molecule has 0 unspecified atom stereocenters. The lowest BCUT2D eigenvalue weighted by Crippen LogP contribution is -2.53. The molecular formula is C21H19ClF6N2O4S. The Morgan fingerprint density at radius 3 is 2.34 bits per heavy atom. The average Bonchev–Trinajstić information content (AvgIpc) is 3.38. The van der Waals surface area contributed by atoms with Crippen LogP contribution in [0.3, 0.4) is 0 Å². The standard InChI is InChI=1S/C21H19ClF6N2O4S/c1-3-34-18(32)16-29-14(17(31)30-8-4-5-10(30)2)15(35-16)12-7-6-11(9-13(12)22)19(33,20(23,24)25)21(26,27)28/h6-7,9-10,33H,3-5,8H2,1-2H3/t10-/m0/s1. The van der Waals surface area contributed by atoms with E-state index < -0.39 is 40.4 Å². The molecule has 1 aliphatic rings. The van der Waals surface area contributed by atoms with E-state index in [-0.39, 0.29) is 33.8 Å². The minimum atomic E-state index is -6.09. The number of halogens is 7. The topological polar surface area (TPSA) is 79.7 Å². The van der Waals surface area contributed by atoms with Gasteiger partial charge in [0.2, 0.25) is 5.01 Å². The maximum Gasteiger partial charge on any atom is 0.430 e. The number of thiazole rings is 1. The number of likely N-dealkylation sites (tertiary alicyclic amines) is 1. The van der Waals surface area contributed by atoms with Crippen LogP contribution in [0.4, 0.5) is 26.3 Å². The molecule has 14 heteroatoms. The first-order valence-electron chi connectivity index (χ1n) is 10.3. The zero-order valence-corrected chi connectivity index (χ0v) is 19.8. The van der Waals surface area contributed by atoms with Crippen LogP contribution in [0.2, 0.25) is 5.02 Å². The Labute approximate surface area is 204 Å². The van der Waals surface area contributed by atoms with Crippen molar-refractivity contribution < 1.29 is 45.8 Å². The smallest absolute Gasteiger partial charge is 0.430 e. The zero-order valence-electron chi connectivity index (χ0n) is 18.3. The van der Waals surface area contributed by atoms with E-state index in [4.69, 9.17) is 16.3 Å². The van der Waals surface area contributed by atoms with Crippen LogP contribution in [-0.4, -0.2) is 58.4 Å². The first kappa shape index (κ1) is 27.2. The molecule has 0 bridgehead atoms. The fourth-order valence-corrected chi connectivity index (χ4v) is 5.03. The summed E-state index contributed by atoms with van der Waals surface area (Å²) in [4.78, 5) is 30.9. The molecule has 3 rings (SSSR count). The second-order valence-corrected chi connectivity index (χ2v) is 9.21. The quantitative estimate of drug-likeness (QED) is 0.393. The number of aliphatic hydroxyl groups is 1. The van der Waals surface area contributed by atoms with Gasteiger partial charge in [0, 0.05) is 28.7 Å². The molecule has 0 spiro atoms. The predicted molar refractivity (Wildman–Crippen MR) is 114 cm³/mol. The van der Waals surface area contributed by atoms with Crippen molar-refractivity contribution in [3.05, 3.63) is 39.5 Å². The van der Waals surface area contributed by atoms with Crippen LogP contribution in [0, 0.1) is 0 Å². The van der Waals surface area contributed by atoms with E-state index in [0.29, 0.717) is 30.0 Å². The molecule has 1 aliphatic heterocycles. The lowest BCUT2D eigenvalue weighted by atomic mass is 9.91. The third kappa shape index (κ3) is 4.85. The number of esters is 1. The van der Waals surface area contributed by atoms with Gasteiger partial charge in [-0.05, 0) is 32.8 Å². The summed E-state index contributed by atoms with van der Waals surface area (Å²) >= 11 is 6.74. The van der Waals surface area contributed by atoms with Crippen LogP contribution in [0.15, 0.2) is 18.2 Å². The van der Waals surface area contributed by atoms with Gasteiger partial charge in [-0.25, -0.2) is 9.78 Å². The number of amides is 1. The molecule has 0 aliphatic carbocycles. The lowest BCUT2D eigenvalue weighted by molar-refractivity contribution is -0.376. The summed E-state index contributed by atoms with van der Waals surface area (Å²) in [6, 6.07) is 1.41. The Balaban J connectivity index is 2.15. The highest BCUT2D eigenvalue weighted by atomic mass is 35.5. The Bertz CT molecular complexity index is 1120. The van der Waals surface area contributed by atoms with E-state index in [1.807, 2.05) is 0 Å². The van der Waals surface area contributed by atoms with Gasteiger partial charge in [-0.1, -0.05) is 23.7 Å². The third-order valence-electron chi connectivity index (χ3n) is 5.55. The van der Waals surface area contributed by atoms with Crippen molar-refractivity contribution in [2.24, 2.45) is 0 Å². The first-order chi connectivity index (χ1) is 16.1. The summed E-state index contributed by atoms with van der Waals surface area (Å²) in [6.45, 7) is 3.76. The number of carbonyl (C=O) groups excluding carboxylic acids is 2. The van der Waals surface area contributed by atoms with Crippen molar-refractivity contribution in [1.82, 2.24) is 9.88 Å². The van der Waals surface area contributed by atoms with Gasteiger partial charge in [0.1, 0.15) is 5.69 Å². The van der Waals surface area contributed by atoms with Crippen LogP contribution in [0.25, 0.3) is 10.4 Å². The van der Waals surface area contributed by atoms with Crippen LogP contribution in [-0.2, 0) is 10.3 Å². The van der Waals surface area contributed by atoms with E-state index in [1.165, 1.54) is 4.90 Å². The second-order valence-electron chi connectivity index (χ2n) is 7.81. The van der Waals surface area contributed by atoms with Crippen LogP contribution < -0.4 is 0 Å². The fourth-order valence-electron chi connectivity index (χ4n) is 3.71. The van der Waals surface area contributed by atoms with E-state index in [1.54, 1.807) is 13.8 Å². The number of benzene rings is 1. The van der Waals surface area contributed by atoms with Crippen LogP contribution >= 0.6 is 22.9 Å². The number of hydrogen-bond donors (Lipinski definition) is 1. The zero-order chi connectivity index (χ0) is 26.3. The number of carbonyl (C=O) groups is 2. The maximum atomic E-state index is 13.3. The van der Waals surface area contributed by atoms with Gasteiger partial charge < -0.3 is 14.7 Å². The largest absolute Gasteiger partial charge is 0.461 e. The number of aromatic nitrogens is 1. The SMILES string of the molecule is CCOC(=O)c1nc(C(=O)N2CCC[C@@H]2C)c(-c2ccc(C(O)(C(F)(F)F)C(F)(F)F)cc2Cl)s1. The van der Waals surface area contributed by atoms with Crippen molar-refractivity contribution in [3.8, 4) is 10.4 Å². The van der Waals surface area contributed by atoms with Gasteiger partial charge in [0.25, 0.3) is 11.5 Å². The van der Waals surface area contributed by atoms with Crippen molar-refractivity contribution in [2.75, 3.05) is 13.2 Å². The Kier molecular flexibility index (Phi) is 7.45. The van der Waals surface area contributed by atoms with Gasteiger partial charge in [-0.15, -0.1) is 11.3 Å². The normalized spacial score (nSPS) is 17.1. The number of alkyl halides is 6. The molecule has 0 radical (unpaired) electrons. The molecule has 0 saturated carbocycles. The molecule has 1 amide bonds. The monoisotopic (exact) mass is 544 g/mol. The average molecular weight is 545 g/mol. The molecule has 1 atom stereocenters. The third-order valence-corrected chi connectivity index (χ3v) is 6.93. The van der Waals surface area contributed by atoms with Gasteiger partial charge in [-0.2, -0.15) is 26.3 Å². The summed E-state index contributed by atoms with van der Waals surface area (Å²) in [6.07, 6.45) is -10.7. The Morgan fingerprint density at radius 1 is 1.23 bits per heavy atom. The fraction of sp³-hybridized carbons (Fsp3) is 0.476. The Morgan fingerprint density at radius 2 is 1.86 bits per heavy atom. The van der Waals surface area contributed by atoms with E-state index in [0.717, 1.165) is 18.9 Å². The summed E-state index contributed by atoms with van der Waals surface area (Å²) in [7, 11) is 0. The highest BCUT2D eigenvalue weighted by molar-refractivity contribution is 7.17. The molecule has 1 saturated heterocycles. The first-order valence-corrected chi connectivity index (χ1v) is 11.5. The highest BCUT2D eigenvalue weighted by Gasteiger charge is 2.71. The van der Waals surface area contributed by atoms with Crippen molar-refractivity contribution in [2.45, 2.75) is 50.7 Å². The van der Waals surface area contributed by atoms with E-state index in [2.05, 4.69) is 4.98 Å². The molecule has 2 aromatic rings. The van der Waals surface area contributed by atoms with E-state index >= 15 is 0 Å². The van der Waals surface area contributed by atoms with Gasteiger partial charge in [0.15, 0.2) is 0 Å². The lowest BCUT2D eigenvalue weighted by Gasteiger charge is -2.32. The van der Waals surface area contributed by atoms with Crippen molar-refractivity contribution in [3.63, 3.8) is 0 Å². The summed E-state index contributed by atoms with van der Waals surface area (Å²) in [5, 5.41) is 8.80. The molecule has 1 aromatic carbocycles. The van der Waals surface area contributed by atoms with Gasteiger partial charge in [0.05, 0.1) is 11.5 Å². The molecule has 1 N–H and O–H groups in total. The molecule has 35 heavy (non-hydrogen) atoms. The molecule has 192 valence electrons. The highest BCUT2D eigenvalue weighted by Crippen LogP contribution is 2.51.